The number of hydrogen-bond donors (Lipinski definition) is 2. The maximum Gasteiger partial charge on any atom is 0.335 e. The highest BCUT2D eigenvalue weighted by Crippen LogP contribution is 2.16. The molecular weight excluding hydrogens is 264 g/mol. The van der Waals surface area contributed by atoms with Gasteiger partial charge in [-0.1, -0.05) is 44.2 Å². The van der Waals surface area contributed by atoms with E-state index in [1.165, 1.54) is 31.4 Å². The number of carboxylic acids is 1. The molecule has 1 atom stereocenters. The second-order valence-electron chi connectivity index (χ2n) is 4.76. The second kappa shape index (κ2) is 8.00. The molecule has 19 heavy (non-hydrogen) atoms. The predicted molar refractivity (Wildman–Crippen MR) is 78.1 cm³/mol. The van der Waals surface area contributed by atoms with Crippen LogP contribution in [0.1, 0.15) is 56.3 Å². The molecule has 0 saturated heterocycles. The summed E-state index contributed by atoms with van der Waals surface area (Å²) in [5.41, 5.74) is 0.153. The summed E-state index contributed by atoms with van der Waals surface area (Å²) in [4.78, 5) is 15.0. The maximum absolute atomic E-state index is 10.9. The Hall–Kier alpha value is -1.29. The zero-order valence-electron chi connectivity index (χ0n) is 11.4. The monoisotopic (exact) mass is 284 g/mol. The standard InChI is InChI=1S/C14H21ClN2O2/c1-3-4-5-6-7-10(2)16-13-9-11(14(18)19)8-12(15)17-13/h8-10H,3-7H2,1-2H3,(H,16,17)(H,18,19). The molecule has 0 aliphatic carbocycles. The number of nitrogens with zero attached hydrogens (tertiary/aromatic N) is 1. The maximum atomic E-state index is 10.9. The number of unbranched alkanes of at least 4 members (excludes halogenated alkanes) is 3. The van der Waals surface area contributed by atoms with Gasteiger partial charge in [0, 0.05) is 6.04 Å². The van der Waals surface area contributed by atoms with Crippen molar-refractivity contribution in [3.8, 4) is 0 Å². The van der Waals surface area contributed by atoms with Crippen LogP contribution >= 0.6 is 11.6 Å². The van der Waals surface area contributed by atoms with Gasteiger partial charge in [0.15, 0.2) is 0 Å². The van der Waals surface area contributed by atoms with Gasteiger partial charge in [0.2, 0.25) is 0 Å². The topological polar surface area (TPSA) is 62.2 Å². The van der Waals surface area contributed by atoms with E-state index < -0.39 is 5.97 Å². The van der Waals surface area contributed by atoms with Gasteiger partial charge in [-0.3, -0.25) is 0 Å². The first-order valence-corrected chi connectivity index (χ1v) is 7.08. The van der Waals surface area contributed by atoms with E-state index in [0.29, 0.717) is 5.82 Å². The van der Waals surface area contributed by atoms with Crippen LogP contribution in [-0.4, -0.2) is 22.1 Å². The van der Waals surface area contributed by atoms with Gasteiger partial charge in [-0.05, 0) is 25.5 Å². The quantitative estimate of drug-likeness (QED) is 0.555. The lowest BCUT2D eigenvalue weighted by atomic mass is 10.1. The molecule has 0 aliphatic rings. The lowest BCUT2D eigenvalue weighted by Crippen LogP contribution is -2.16. The fourth-order valence-corrected chi connectivity index (χ4v) is 2.10. The third kappa shape index (κ3) is 5.92. The molecule has 1 aromatic rings. The van der Waals surface area contributed by atoms with E-state index in [4.69, 9.17) is 16.7 Å². The lowest BCUT2D eigenvalue weighted by Gasteiger charge is -2.14. The number of hydrogen-bond acceptors (Lipinski definition) is 3. The summed E-state index contributed by atoms with van der Waals surface area (Å²) in [6.45, 7) is 4.25. The number of pyridine rings is 1. The summed E-state index contributed by atoms with van der Waals surface area (Å²) < 4.78 is 0. The van der Waals surface area contributed by atoms with E-state index in [1.807, 2.05) is 0 Å². The van der Waals surface area contributed by atoms with Crippen LogP contribution in [0.3, 0.4) is 0 Å². The number of carboxylic acid groups (broad SMARTS) is 1. The molecule has 0 spiro atoms. The van der Waals surface area contributed by atoms with Crippen molar-refractivity contribution in [2.45, 2.75) is 52.0 Å². The van der Waals surface area contributed by atoms with Crippen molar-refractivity contribution in [1.82, 2.24) is 4.98 Å². The van der Waals surface area contributed by atoms with Crippen LogP contribution in [0.2, 0.25) is 5.15 Å². The van der Waals surface area contributed by atoms with Crippen molar-refractivity contribution in [2.75, 3.05) is 5.32 Å². The van der Waals surface area contributed by atoms with Crippen molar-refractivity contribution in [3.63, 3.8) is 0 Å². The molecule has 4 nitrogen and oxygen atoms in total. The van der Waals surface area contributed by atoms with Crippen LogP contribution in [0, 0.1) is 0 Å². The first-order valence-electron chi connectivity index (χ1n) is 6.70. The zero-order chi connectivity index (χ0) is 14.3. The predicted octanol–water partition coefficient (Wildman–Crippen LogP) is 4.20. The first-order chi connectivity index (χ1) is 9.02. The Morgan fingerprint density at radius 3 is 2.79 bits per heavy atom. The molecule has 0 fully saturated rings. The molecule has 1 heterocycles. The van der Waals surface area contributed by atoms with Gasteiger partial charge >= 0.3 is 5.97 Å². The van der Waals surface area contributed by atoms with Crippen molar-refractivity contribution >= 4 is 23.4 Å². The largest absolute Gasteiger partial charge is 0.478 e. The van der Waals surface area contributed by atoms with Gasteiger partial charge in [0.25, 0.3) is 0 Å². The molecule has 106 valence electrons. The molecule has 2 N–H and O–H groups in total. The van der Waals surface area contributed by atoms with Crippen LogP contribution in [0.5, 0.6) is 0 Å². The van der Waals surface area contributed by atoms with Gasteiger partial charge in [0.05, 0.1) is 5.56 Å². The van der Waals surface area contributed by atoms with E-state index in [9.17, 15) is 4.79 Å². The molecule has 0 bridgehead atoms. The molecule has 0 amide bonds. The molecule has 1 rings (SSSR count). The van der Waals surface area contributed by atoms with Gasteiger partial charge in [0.1, 0.15) is 11.0 Å². The van der Waals surface area contributed by atoms with Gasteiger partial charge in [-0.25, -0.2) is 9.78 Å². The van der Waals surface area contributed by atoms with Crippen LogP contribution < -0.4 is 5.32 Å². The van der Waals surface area contributed by atoms with Crippen LogP contribution in [0.4, 0.5) is 5.82 Å². The number of aromatic nitrogens is 1. The molecule has 0 aliphatic heterocycles. The van der Waals surface area contributed by atoms with E-state index in [-0.39, 0.29) is 16.8 Å². The van der Waals surface area contributed by atoms with E-state index in [2.05, 4.69) is 24.1 Å². The summed E-state index contributed by atoms with van der Waals surface area (Å²) in [5.74, 6) is -0.476. The van der Waals surface area contributed by atoms with Crippen LogP contribution in [-0.2, 0) is 0 Å². The van der Waals surface area contributed by atoms with Crippen molar-refractivity contribution in [3.05, 3.63) is 22.8 Å². The van der Waals surface area contributed by atoms with E-state index >= 15 is 0 Å². The summed E-state index contributed by atoms with van der Waals surface area (Å²) in [6, 6.07) is 3.11. The smallest absolute Gasteiger partial charge is 0.335 e. The Labute approximate surface area is 119 Å². The highest BCUT2D eigenvalue weighted by Gasteiger charge is 2.09. The fourth-order valence-electron chi connectivity index (χ4n) is 1.90. The summed E-state index contributed by atoms with van der Waals surface area (Å²) in [5, 5.41) is 12.3. The molecule has 5 heteroatoms. The molecule has 1 unspecified atom stereocenters. The minimum absolute atomic E-state index is 0.153. The third-order valence-corrected chi connectivity index (χ3v) is 3.12. The van der Waals surface area contributed by atoms with Crippen molar-refractivity contribution < 1.29 is 9.90 Å². The van der Waals surface area contributed by atoms with Gasteiger partial charge in [-0.2, -0.15) is 0 Å². The number of halogens is 1. The fraction of sp³-hybridized carbons (Fsp3) is 0.571. The van der Waals surface area contributed by atoms with Crippen LogP contribution in [0.15, 0.2) is 12.1 Å². The number of aromatic carboxylic acids is 1. The van der Waals surface area contributed by atoms with E-state index in [0.717, 1.165) is 12.8 Å². The first kappa shape index (κ1) is 15.8. The Balaban J connectivity index is 2.53. The molecule has 0 radical (unpaired) electrons. The van der Waals surface area contributed by atoms with Crippen LogP contribution in [0.25, 0.3) is 0 Å². The highest BCUT2D eigenvalue weighted by molar-refractivity contribution is 6.29. The highest BCUT2D eigenvalue weighted by atomic mass is 35.5. The average Bonchev–Trinajstić information content (AvgIpc) is 2.34. The van der Waals surface area contributed by atoms with Gasteiger partial charge in [-0.15, -0.1) is 0 Å². The lowest BCUT2D eigenvalue weighted by molar-refractivity contribution is 0.0697. The zero-order valence-corrected chi connectivity index (χ0v) is 12.2. The average molecular weight is 285 g/mol. The number of nitrogens with one attached hydrogen (secondary N) is 1. The molecule has 0 saturated carbocycles. The Kier molecular flexibility index (Phi) is 6.64. The summed E-state index contributed by atoms with van der Waals surface area (Å²) in [6.07, 6.45) is 5.90. The molecular formula is C14H21ClN2O2. The number of carbonyl (C=O) groups is 1. The van der Waals surface area contributed by atoms with Crippen molar-refractivity contribution in [1.29, 1.82) is 0 Å². The summed E-state index contributed by atoms with van der Waals surface area (Å²) in [7, 11) is 0. The van der Waals surface area contributed by atoms with Gasteiger partial charge < -0.3 is 10.4 Å². The Morgan fingerprint density at radius 2 is 2.16 bits per heavy atom. The minimum Gasteiger partial charge on any atom is -0.478 e. The molecule has 0 aromatic carbocycles. The normalized spacial score (nSPS) is 12.2. The minimum atomic E-state index is -0.997. The third-order valence-electron chi connectivity index (χ3n) is 2.93. The number of rotatable bonds is 8. The second-order valence-corrected chi connectivity index (χ2v) is 5.15. The Morgan fingerprint density at radius 1 is 1.42 bits per heavy atom. The van der Waals surface area contributed by atoms with E-state index in [1.54, 1.807) is 0 Å². The number of anilines is 1. The summed E-state index contributed by atoms with van der Waals surface area (Å²) >= 11 is 5.81. The SMILES string of the molecule is CCCCCCC(C)Nc1cc(C(=O)O)cc(Cl)n1. The Bertz CT molecular complexity index is 424. The van der Waals surface area contributed by atoms with Crippen molar-refractivity contribution in [2.24, 2.45) is 0 Å². The molecule has 1 aromatic heterocycles.